The maximum atomic E-state index is 14.2. The number of carbonyl (C=O) groups excluding carboxylic acids is 1. The van der Waals surface area contributed by atoms with E-state index in [1.807, 2.05) is 13.0 Å². The van der Waals surface area contributed by atoms with Gasteiger partial charge in [-0.1, -0.05) is 51.0 Å². The zero-order chi connectivity index (χ0) is 16.7. The molecule has 3 heteroatoms. The number of aryl methyl sites for hydroxylation is 1. The molecule has 0 N–H and O–H groups in total. The summed E-state index contributed by atoms with van der Waals surface area (Å²) in [6.45, 7) is 4.55. The van der Waals surface area contributed by atoms with Crippen LogP contribution in [0, 0.1) is 5.82 Å². The standard InChI is InChI=1S/C20H23FO2/c1-3-5-13-23-20(22)17-10-8-16(9-11-17)18-12-7-15(6-4-2)14-19(18)21/h7-12,14H,3-6,13H2,1-2H3. The van der Waals surface area contributed by atoms with Gasteiger partial charge in [0.05, 0.1) is 12.2 Å². The molecular formula is C20H23FO2. The Morgan fingerprint density at radius 3 is 2.39 bits per heavy atom. The van der Waals surface area contributed by atoms with Crippen molar-refractivity contribution < 1.29 is 13.9 Å². The Bertz CT molecular complexity index is 647. The summed E-state index contributed by atoms with van der Waals surface area (Å²) in [7, 11) is 0. The molecule has 0 saturated heterocycles. The number of rotatable bonds is 7. The van der Waals surface area contributed by atoms with Crippen molar-refractivity contribution in [1.82, 2.24) is 0 Å². The van der Waals surface area contributed by atoms with E-state index in [-0.39, 0.29) is 11.8 Å². The van der Waals surface area contributed by atoms with Crippen LogP contribution in [-0.2, 0) is 11.2 Å². The van der Waals surface area contributed by atoms with Crippen molar-refractivity contribution in [2.24, 2.45) is 0 Å². The zero-order valence-electron chi connectivity index (χ0n) is 13.8. The molecular weight excluding hydrogens is 291 g/mol. The van der Waals surface area contributed by atoms with Crippen LogP contribution in [0.15, 0.2) is 42.5 Å². The molecule has 2 rings (SSSR count). The summed E-state index contributed by atoms with van der Waals surface area (Å²) in [5.41, 5.74) is 2.81. The highest BCUT2D eigenvalue weighted by atomic mass is 19.1. The van der Waals surface area contributed by atoms with Gasteiger partial charge in [-0.3, -0.25) is 0 Å². The Labute approximate surface area is 137 Å². The van der Waals surface area contributed by atoms with E-state index < -0.39 is 0 Å². The van der Waals surface area contributed by atoms with Gasteiger partial charge in [0, 0.05) is 5.56 Å². The van der Waals surface area contributed by atoms with Gasteiger partial charge in [0.25, 0.3) is 0 Å². The maximum absolute atomic E-state index is 14.2. The number of hydrogen-bond acceptors (Lipinski definition) is 2. The van der Waals surface area contributed by atoms with E-state index >= 15 is 0 Å². The Kier molecular flexibility index (Phi) is 6.33. The Morgan fingerprint density at radius 2 is 1.78 bits per heavy atom. The molecule has 2 aromatic rings. The van der Waals surface area contributed by atoms with Gasteiger partial charge in [-0.2, -0.15) is 0 Å². The lowest BCUT2D eigenvalue weighted by Crippen LogP contribution is -2.06. The van der Waals surface area contributed by atoms with Crippen molar-refractivity contribution in [2.75, 3.05) is 6.61 Å². The lowest BCUT2D eigenvalue weighted by Gasteiger charge is -2.08. The molecule has 2 aromatic carbocycles. The van der Waals surface area contributed by atoms with Crippen molar-refractivity contribution >= 4 is 5.97 Å². The van der Waals surface area contributed by atoms with Gasteiger partial charge in [0.15, 0.2) is 0 Å². The number of benzene rings is 2. The summed E-state index contributed by atoms with van der Waals surface area (Å²) >= 11 is 0. The first-order chi connectivity index (χ1) is 11.2. The van der Waals surface area contributed by atoms with Crippen molar-refractivity contribution in [3.8, 4) is 11.1 Å². The smallest absolute Gasteiger partial charge is 0.338 e. The minimum absolute atomic E-state index is 0.228. The molecule has 0 aliphatic carbocycles. The molecule has 2 nitrogen and oxygen atoms in total. The second-order valence-corrected chi connectivity index (χ2v) is 5.63. The van der Waals surface area contributed by atoms with Crippen LogP contribution in [0.4, 0.5) is 4.39 Å². The highest BCUT2D eigenvalue weighted by molar-refractivity contribution is 5.90. The van der Waals surface area contributed by atoms with E-state index in [1.54, 1.807) is 36.4 Å². The number of esters is 1. The second kappa shape index (κ2) is 8.47. The molecule has 0 aromatic heterocycles. The van der Waals surface area contributed by atoms with E-state index in [0.717, 1.165) is 36.8 Å². The average molecular weight is 314 g/mol. The van der Waals surface area contributed by atoms with Crippen LogP contribution < -0.4 is 0 Å². The van der Waals surface area contributed by atoms with Gasteiger partial charge in [-0.15, -0.1) is 0 Å². The molecule has 0 aliphatic heterocycles. The van der Waals surface area contributed by atoms with Crippen LogP contribution in [-0.4, -0.2) is 12.6 Å². The third-order valence-electron chi connectivity index (χ3n) is 3.73. The van der Waals surface area contributed by atoms with E-state index in [9.17, 15) is 9.18 Å². The third-order valence-corrected chi connectivity index (χ3v) is 3.73. The van der Waals surface area contributed by atoms with E-state index in [0.29, 0.717) is 17.7 Å². The van der Waals surface area contributed by atoms with Crippen molar-refractivity contribution in [3.63, 3.8) is 0 Å². The number of hydrogen-bond donors (Lipinski definition) is 0. The number of unbranched alkanes of at least 4 members (excludes halogenated alkanes) is 1. The predicted molar refractivity (Wildman–Crippen MR) is 91.0 cm³/mol. The highest BCUT2D eigenvalue weighted by Gasteiger charge is 2.09. The lowest BCUT2D eigenvalue weighted by atomic mass is 10.0. The Hall–Kier alpha value is -2.16. The lowest BCUT2D eigenvalue weighted by molar-refractivity contribution is 0.0500. The number of ether oxygens (including phenoxy) is 1. The van der Waals surface area contributed by atoms with Gasteiger partial charge in [0.1, 0.15) is 5.82 Å². The summed E-state index contributed by atoms with van der Waals surface area (Å²) < 4.78 is 19.4. The topological polar surface area (TPSA) is 26.3 Å². The molecule has 0 spiro atoms. The van der Waals surface area contributed by atoms with Crippen LogP contribution in [0.3, 0.4) is 0 Å². The third kappa shape index (κ3) is 4.65. The van der Waals surface area contributed by atoms with Crippen LogP contribution >= 0.6 is 0 Å². The molecule has 0 atom stereocenters. The summed E-state index contributed by atoms with van der Waals surface area (Å²) in [6.07, 6.45) is 3.71. The first-order valence-electron chi connectivity index (χ1n) is 8.21. The van der Waals surface area contributed by atoms with Crippen molar-refractivity contribution in [2.45, 2.75) is 39.5 Å². The molecule has 0 fully saturated rings. The van der Waals surface area contributed by atoms with Crippen molar-refractivity contribution in [3.05, 3.63) is 59.4 Å². The van der Waals surface area contributed by atoms with Gasteiger partial charge in [-0.05, 0) is 42.2 Å². The van der Waals surface area contributed by atoms with Gasteiger partial charge >= 0.3 is 5.97 Å². The van der Waals surface area contributed by atoms with E-state index in [4.69, 9.17) is 4.74 Å². The second-order valence-electron chi connectivity index (χ2n) is 5.63. The van der Waals surface area contributed by atoms with Gasteiger partial charge in [0.2, 0.25) is 0 Å². The number of carbonyl (C=O) groups is 1. The van der Waals surface area contributed by atoms with Crippen LogP contribution in [0.1, 0.15) is 49.0 Å². The maximum Gasteiger partial charge on any atom is 0.338 e. The van der Waals surface area contributed by atoms with Gasteiger partial charge in [-0.25, -0.2) is 9.18 Å². The first kappa shape index (κ1) is 17.2. The Morgan fingerprint density at radius 1 is 1.04 bits per heavy atom. The van der Waals surface area contributed by atoms with Crippen LogP contribution in [0.5, 0.6) is 0 Å². The average Bonchev–Trinajstić information content (AvgIpc) is 2.56. The molecule has 0 saturated carbocycles. The first-order valence-corrected chi connectivity index (χ1v) is 8.21. The fourth-order valence-corrected chi connectivity index (χ4v) is 2.42. The summed E-state index contributed by atoms with van der Waals surface area (Å²) in [6, 6.07) is 12.2. The summed E-state index contributed by atoms with van der Waals surface area (Å²) in [4.78, 5) is 11.9. The minimum atomic E-state index is -0.330. The fourth-order valence-electron chi connectivity index (χ4n) is 2.42. The normalized spacial score (nSPS) is 10.6. The molecule has 0 amide bonds. The predicted octanol–water partition coefficient (Wildman–Crippen LogP) is 5.40. The minimum Gasteiger partial charge on any atom is -0.462 e. The number of halogens is 1. The SMILES string of the molecule is CCCCOC(=O)c1ccc(-c2ccc(CCC)cc2F)cc1. The monoisotopic (exact) mass is 314 g/mol. The molecule has 0 aliphatic rings. The molecule has 0 radical (unpaired) electrons. The summed E-state index contributed by atoms with van der Waals surface area (Å²) in [5, 5.41) is 0. The molecule has 0 heterocycles. The van der Waals surface area contributed by atoms with Crippen molar-refractivity contribution in [1.29, 1.82) is 0 Å². The molecule has 122 valence electrons. The highest BCUT2D eigenvalue weighted by Crippen LogP contribution is 2.24. The molecule has 0 bridgehead atoms. The van der Waals surface area contributed by atoms with Gasteiger partial charge < -0.3 is 4.74 Å². The van der Waals surface area contributed by atoms with E-state index in [2.05, 4.69) is 6.92 Å². The Balaban J connectivity index is 2.11. The molecule has 0 unspecified atom stereocenters. The quantitative estimate of drug-likeness (QED) is 0.505. The largest absolute Gasteiger partial charge is 0.462 e. The fraction of sp³-hybridized carbons (Fsp3) is 0.350. The molecule has 23 heavy (non-hydrogen) atoms. The zero-order valence-corrected chi connectivity index (χ0v) is 13.8. The van der Waals surface area contributed by atoms with Crippen LogP contribution in [0.25, 0.3) is 11.1 Å². The summed E-state index contributed by atoms with van der Waals surface area (Å²) in [5.74, 6) is -0.557. The van der Waals surface area contributed by atoms with Crippen LogP contribution in [0.2, 0.25) is 0 Å². The van der Waals surface area contributed by atoms with E-state index in [1.165, 1.54) is 0 Å².